The summed E-state index contributed by atoms with van der Waals surface area (Å²) >= 11 is 0. The van der Waals surface area contributed by atoms with Crippen LogP contribution in [0.3, 0.4) is 0 Å². The van der Waals surface area contributed by atoms with Gasteiger partial charge in [0.25, 0.3) is 0 Å². The molecule has 0 amide bonds. The first kappa shape index (κ1) is 26.0. The first-order chi connectivity index (χ1) is 16.6. The number of hydrogen-bond acceptors (Lipinski definition) is 9. The number of nitrogens with one attached hydrogen (secondary N) is 1. The summed E-state index contributed by atoms with van der Waals surface area (Å²) in [6.07, 6.45) is -0.127. The largest absolute Gasteiger partial charge is 0.507 e. The SMILES string of the molecule is COC(=O)c1ccc(-c2ccc(OCCNCC(O)c3ccc(O)c(S(C)(=O)=O)c3N)cc2)cc1. The van der Waals surface area contributed by atoms with E-state index in [0.29, 0.717) is 24.5 Å². The number of methoxy groups -OCH3 is 1. The number of carbonyl (C=O) groups is 1. The van der Waals surface area contributed by atoms with Gasteiger partial charge in [0.15, 0.2) is 9.84 Å². The zero-order valence-corrected chi connectivity index (χ0v) is 20.2. The zero-order chi connectivity index (χ0) is 25.6. The Balaban J connectivity index is 1.49. The Morgan fingerprint density at radius 3 is 2.20 bits per heavy atom. The van der Waals surface area contributed by atoms with Crippen LogP contribution < -0.4 is 15.8 Å². The van der Waals surface area contributed by atoms with Crippen molar-refractivity contribution in [1.82, 2.24) is 5.32 Å². The fraction of sp³-hybridized carbons (Fsp3) is 0.240. The maximum atomic E-state index is 11.9. The van der Waals surface area contributed by atoms with Crippen LogP contribution in [0.5, 0.6) is 11.5 Å². The normalized spacial score (nSPS) is 12.2. The van der Waals surface area contributed by atoms with E-state index in [-0.39, 0.29) is 28.7 Å². The number of hydrogen-bond donors (Lipinski definition) is 4. The Morgan fingerprint density at radius 2 is 1.63 bits per heavy atom. The van der Waals surface area contributed by atoms with Gasteiger partial charge in [-0.15, -0.1) is 0 Å². The maximum absolute atomic E-state index is 11.9. The lowest BCUT2D eigenvalue weighted by Gasteiger charge is -2.17. The number of anilines is 1. The zero-order valence-electron chi connectivity index (χ0n) is 19.4. The minimum Gasteiger partial charge on any atom is -0.507 e. The molecule has 0 radical (unpaired) electrons. The summed E-state index contributed by atoms with van der Waals surface area (Å²) in [6, 6.07) is 17.2. The highest BCUT2D eigenvalue weighted by Crippen LogP contribution is 2.34. The highest BCUT2D eigenvalue weighted by molar-refractivity contribution is 7.91. The molecule has 0 aromatic heterocycles. The predicted octanol–water partition coefficient (Wildman–Crippen LogP) is 2.53. The van der Waals surface area contributed by atoms with E-state index in [9.17, 15) is 23.4 Å². The van der Waals surface area contributed by atoms with Crippen LogP contribution in [0.4, 0.5) is 5.69 Å². The molecule has 186 valence electrons. The van der Waals surface area contributed by atoms with Crippen LogP contribution in [0, 0.1) is 0 Å². The van der Waals surface area contributed by atoms with Crippen LogP contribution in [0.25, 0.3) is 11.1 Å². The summed E-state index contributed by atoms with van der Waals surface area (Å²) in [6.45, 7) is 0.867. The number of aromatic hydroxyl groups is 1. The number of ether oxygens (including phenoxy) is 2. The van der Waals surface area contributed by atoms with Crippen molar-refractivity contribution in [3.05, 3.63) is 71.8 Å². The molecule has 0 bridgehead atoms. The summed E-state index contributed by atoms with van der Waals surface area (Å²) in [5.74, 6) is -0.166. The molecule has 0 aliphatic carbocycles. The Hall–Kier alpha value is -3.60. The molecule has 3 rings (SSSR count). The van der Waals surface area contributed by atoms with E-state index in [1.54, 1.807) is 12.1 Å². The van der Waals surface area contributed by atoms with E-state index in [2.05, 4.69) is 5.32 Å². The van der Waals surface area contributed by atoms with Gasteiger partial charge in [-0.2, -0.15) is 0 Å². The molecule has 10 heteroatoms. The van der Waals surface area contributed by atoms with Crippen molar-refractivity contribution in [3.63, 3.8) is 0 Å². The predicted molar refractivity (Wildman–Crippen MR) is 132 cm³/mol. The van der Waals surface area contributed by atoms with Crippen molar-refractivity contribution in [2.45, 2.75) is 11.0 Å². The van der Waals surface area contributed by atoms with Gasteiger partial charge in [0.05, 0.1) is 24.5 Å². The van der Waals surface area contributed by atoms with Crippen molar-refractivity contribution in [1.29, 1.82) is 0 Å². The minimum absolute atomic E-state index is 0.113. The molecule has 1 atom stereocenters. The Labute approximate surface area is 204 Å². The number of aliphatic hydroxyl groups is 1. The molecule has 0 aliphatic rings. The van der Waals surface area contributed by atoms with Crippen molar-refractivity contribution >= 4 is 21.5 Å². The van der Waals surface area contributed by atoms with E-state index in [1.807, 2.05) is 36.4 Å². The average molecular weight is 501 g/mol. The number of rotatable bonds is 10. The molecule has 0 aliphatic heterocycles. The van der Waals surface area contributed by atoms with Gasteiger partial charge in [-0.25, -0.2) is 13.2 Å². The monoisotopic (exact) mass is 500 g/mol. The number of benzene rings is 3. The van der Waals surface area contributed by atoms with E-state index in [0.717, 1.165) is 17.4 Å². The molecule has 0 saturated carbocycles. The molecule has 0 saturated heterocycles. The van der Waals surface area contributed by atoms with E-state index < -0.39 is 21.7 Å². The van der Waals surface area contributed by atoms with Crippen LogP contribution in [0.15, 0.2) is 65.6 Å². The second-order valence-corrected chi connectivity index (χ2v) is 9.80. The molecule has 3 aromatic carbocycles. The molecule has 5 N–H and O–H groups in total. The third-order valence-electron chi connectivity index (χ3n) is 5.32. The van der Waals surface area contributed by atoms with Crippen molar-refractivity contribution in [3.8, 4) is 22.6 Å². The molecule has 0 fully saturated rings. The molecule has 35 heavy (non-hydrogen) atoms. The number of sulfone groups is 1. The standard InChI is InChI=1S/C25H28N2O7S/c1-33-25(30)18-5-3-16(4-6-18)17-7-9-19(10-8-17)34-14-13-27-15-22(29)20-11-12-21(28)24(23(20)26)35(2,31)32/h3-12,22,27-29H,13-15,26H2,1-2H3. The van der Waals surface area contributed by atoms with Crippen LogP contribution in [-0.4, -0.2) is 57.7 Å². The number of nitrogen functional groups attached to an aromatic ring is 1. The Morgan fingerprint density at radius 1 is 1.03 bits per heavy atom. The van der Waals surface area contributed by atoms with Crippen molar-refractivity contribution in [2.24, 2.45) is 0 Å². The third-order valence-corrected chi connectivity index (χ3v) is 6.49. The lowest BCUT2D eigenvalue weighted by Crippen LogP contribution is -2.26. The summed E-state index contributed by atoms with van der Waals surface area (Å²) < 4.78 is 34.1. The number of esters is 1. The second-order valence-electron chi connectivity index (χ2n) is 7.85. The summed E-state index contributed by atoms with van der Waals surface area (Å²) in [7, 11) is -2.41. The minimum atomic E-state index is -3.75. The quantitative estimate of drug-likeness (QED) is 0.187. The van der Waals surface area contributed by atoms with Gasteiger partial charge in [-0.1, -0.05) is 30.3 Å². The van der Waals surface area contributed by atoms with Gasteiger partial charge >= 0.3 is 5.97 Å². The molecule has 0 heterocycles. The number of nitrogens with two attached hydrogens (primary N) is 1. The summed E-state index contributed by atoms with van der Waals surface area (Å²) in [4.78, 5) is 11.2. The smallest absolute Gasteiger partial charge is 0.337 e. The highest BCUT2D eigenvalue weighted by atomic mass is 32.2. The summed E-state index contributed by atoms with van der Waals surface area (Å²) in [5, 5.41) is 23.3. The van der Waals surface area contributed by atoms with Crippen LogP contribution in [0.1, 0.15) is 22.0 Å². The summed E-state index contributed by atoms with van der Waals surface area (Å²) in [5.41, 5.74) is 8.34. The Bertz CT molecular complexity index is 1270. The average Bonchev–Trinajstić information content (AvgIpc) is 2.83. The molecule has 1 unspecified atom stereocenters. The van der Waals surface area contributed by atoms with Gasteiger partial charge in [-0.05, 0) is 41.5 Å². The topological polar surface area (TPSA) is 148 Å². The van der Waals surface area contributed by atoms with E-state index in [4.69, 9.17) is 15.2 Å². The van der Waals surface area contributed by atoms with Crippen LogP contribution in [0.2, 0.25) is 0 Å². The van der Waals surface area contributed by atoms with Gasteiger partial charge in [-0.3, -0.25) is 0 Å². The van der Waals surface area contributed by atoms with Gasteiger partial charge in [0.1, 0.15) is 23.0 Å². The second kappa shape index (κ2) is 11.2. The van der Waals surface area contributed by atoms with Gasteiger partial charge in [0.2, 0.25) is 0 Å². The fourth-order valence-electron chi connectivity index (χ4n) is 3.53. The van der Waals surface area contributed by atoms with Crippen LogP contribution >= 0.6 is 0 Å². The fourth-order valence-corrected chi connectivity index (χ4v) is 4.50. The molecule has 9 nitrogen and oxygen atoms in total. The molecular formula is C25H28N2O7S. The molecule has 3 aromatic rings. The van der Waals surface area contributed by atoms with Crippen molar-refractivity contribution in [2.75, 3.05) is 38.8 Å². The number of phenols is 1. The lowest BCUT2D eigenvalue weighted by atomic mass is 10.0. The first-order valence-corrected chi connectivity index (χ1v) is 12.6. The van der Waals surface area contributed by atoms with E-state index >= 15 is 0 Å². The Kier molecular flexibility index (Phi) is 8.34. The maximum Gasteiger partial charge on any atom is 0.337 e. The molecule has 0 spiro atoms. The highest BCUT2D eigenvalue weighted by Gasteiger charge is 2.22. The van der Waals surface area contributed by atoms with E-state index in [1.165, 1.54) is 19.2 Å². The van der Waals surface area contributed by atoms with Crippen LogP contribution in [-0.2, 0) is 14.6 Å². The number of carbonyl (C=O) groups excluding carboxylic acids is 1. The number of phenolic OH excluding ortho intramolecular Hbond substituents is 1. The van der Waals surface area contributed by atoms with Gasteiger partial charge < -0.3 is 30.7 Å². The van der Waals surface area contributed by atoms with Crippen molar-refractivity contribution < 1.29 is 32.9 Å². The molecular weight excluding hydrogens is 472 g/mol. The number of aliphatic hydroxyl groups excluding tert-OH is 1. The lowest BCUT2D eigenvalue weighted by molar-refractivity contribution is 0.0600. The third kappa shape index (κ3) is 6.50. The van der Waals surface area contributed by atoms with Gasteiger partial charge in [0, 0.05) is 24.9 Å². The first-order valence-electron chi connectivity index (χ1n) is 10.7.